The summed E-state index contributed by atoms with van der Waals surface area (Å²) >= 11 is 0. The lowest BCUT2D eigenvalue weighted by molar-refractivity contribution is 0.108. The van der Waals surface area contributed by atoms with Crippen LogP contribution in [0.3, 0.4) is 0 Å². The Hall–Kier alpha value is -1.00. The molecule has 0 heterocycles. The summed E-state index contributed by atoms with van der Waals surface area (Å²) in [6.45, 7) is 11.4. The van der Waals surface area contributed by atoms with Crippen molar-refractivity contribution in [1.29, 1.82) is 0 Å². The van der Waals surface area contributed by atoms with Gasteiger partial charge in [0.15, 0.2) is 0 Å². The van der Waals surface area contributed by atoms with E-state index in [2.05, 4.69) is 46.5 Å². The van der Waals surface area contributed by atoms with Crippen LogP contribution >= 0.6 is 0 Å². The van der Waals surface area contributed by atoms with Gasteiger partial charge < -0.3 is 5.11 Å². The van der Waals surface area contributed by atoms with Crippen LogP contribution in [0.15, 0.2) is 22.8 Å². The van der Waals surface area contributed by atoms with Gasteiger partial charge in [-0.2, -0.15) is 0 Å². The Bertz CT molecular complexity index is 767. The Morgan fingerprint density at radius 2 is 2.04 bits per heavy atom. The van der Waals surface area contributed by atoms with Gasteiger partial charge in [0.2, 0.25) is 0 Å². The van der Waals surface area contributed by atoms with Crippen LogP contribution in [-0.2, 0) is 0 Å². The molecule has 1 N–H and O–H groups in total. The van der Waals surface area contributed by atoms with E-state index in [1.165, 1.54) is 24.8 Å². The van der Waals surface area contributed by atoms with Crippen LogP contribution in [-0.4, -0.2) is 11.2 Å². The fraction of sp³-hybridized carbons (Fsp3) is 0.778. The molecule has 0 aliphatic heterocycles. The molecular formula is C27H42O. The molecule has 0 aromatic heterocycles. The van der Waals surface area contributed by atoms with Gasteiger partial charge in [-0.25, -0.2) is 0 Å². The van der Waals surface area contributed by atoms with E-state index in [0.717, 1.165) is 55.6 Å². The first-order valence-electron chi connectivity index (χ1n) is 12.7. The fourth-order valence-electron chi connectivity index (χ4n) is 5.85. The summed E-state index contributed by atoms with van der Waals surface area (Å²) in [4.78, 5) is 0. The highest BCUT2D eigenvalue weighted by Crippen LogP contribution is 2.58. The van der Waals surface area contributed by atoms with Crippen molar-refractivity contribution in [3.05, 3.63) is 22.8 Å². The number of allylic oxidation sites excluding steroid dienone is 3. The van der Waals surface area contributed by atoms with Crippen molar-refractivity contribution in [2.45, 2.75) is 105 Å². The predicted molar refractivity (Wildman–Crippen MR) is 120 cm³/mol. The van der Waals surface area contributed by atoms with Crippen LogP contribution in [0.25, 0.3) is 0 Å². The molecule has 0 unspecified atom stereocenters. The molecule has 0 aromatic carbocycles. The Morgan fingerprint density at radius 3 is 2.79 bits per heavy atom. The molecule has 0 amide bonds. The maximum atomic E-state index is 10.0. The number of aliphatic hydroxyl groups is 1. The zero-order chi connectivity index (χ0) is 22.1. The first-order valence-corrected chi connectivity index (χ1v) is 11.7. The summed E-state index contributed by atoms with van der Waals surface area (Å²) < 4.78 is 18.2. The molecular weight excluding hydrogens is 340 g/mol. The molecule has 1 nitrogen and oxygen atoms in total. The van der Waals surface area contributed by atoms with E-state index in [1.54, 1.807) is 0 Å². The summed E-state index contributed by atoms with van der Waals surface area (Å²) in [5, 5.41) is 10.0. The highest BCUT2D eigenvalue weighted by molar-refractivity contribution is 5.44. The third kappa shape index (κ3) is 4.76. The largest absolute Gasteiger partial charge is 0.393 e. The molecule has 0 aromatic rings. The fourth-order valence-corrected chi connectivity index (χ4v) is 5.85. The maximum absolute atomic E-state index is 10.0. The molecule has 1 saturated carbocycles. The molecule has 0 spiro atoms. The first kappa shape index (κ1) is 19.0. The zero-order valence-corrected chi connectivity index (χ0v) is 18.8. The maximum Gasteiger partial charge on any atom is 0.0589 e. The average Bonchev–Trinajstić information content (AvgIpc) is 2.95. The molecule has 5 atom stereocenters. The van der Waals surface area contributed by atoms with E-state index in [1.807, 2.05) is 0 Å². The smallest absolute Gasteiger partial charge is 0.0589 e. The molecule has 0 radical (unpaired) electrons. The average molecular weight is 385 g/mol. The standard InChI is InChI=1S/C27H42O/c1-19(2)8-6-9-21(4)25-15-16-26-22(10-7-17-27(25,26)5)12-13-23-18-24(28)14-11-20(23)3/h10,19,21,24-26,28H,6-9,11,14-18H2,1-5H3/t21-,24+,25-,26+,27-/m1/s1/i10D,26D. The van der Waals surface area contributed by atoms with Crippen LogP contribution in [0.1, 0.15) is 102 Å². The quantitative estimate of drug-likeness (QED) is 0.503. The van der Waals surface area contributed by atoms with Crippen molar-refractivity contribution in [1.82, 2.24) is 0 Å². The van der Waals surface area contributed by atoms with Crippen molar-refractivity contribution in [3.63, 3.8) is 0 Å². The molecule has 156 valence electrons. The zero-order valence-electron chi connectivity index (χ0n) is 20.8. The molecule has 3 aliphatic rings. The molecule has 0 saturated heterocycles. The monoisotopic (exact) mass is 384 g/mol. The van der Waals surface area contributed by atoms with E-state index in [-0.39, 0.29) is 11.5 Å². The van der Waals surface area contributed by atoms with E-state index in [0.29, 0.717) is 24.3 Å². The lowest BCUT2D eigenvalue weighted by Gasteiger charge is -2.42. The van der Waals surface area contributed by atoms with Crippen molar-refractivity contribution in [2.75, 3.05) is 0 Å². The molecule has 1 heteroatoms. The summed E-state index contributed by atoms with van der Waals surface area (Å²) in [7, 11) is 0. The van der Waals surface area contributed by atoms with Gasteiger partial charge in [-0.3, -0.25) is 0 Å². The topological polar surface area (TPSA) is 20.2 Å². The second-order valence-electron chi connectivity index (χ2n) is 10.3. The van der Waals surface area contributed by atoms with Gasteiger partial charge in [0, 0.05) is 18.9 Å². The van der Waals surface area contributed by atoms with E-state index >= 15 is 0 Å². The third-order valence-corrected chi connectivity index (χ3v) is 7.73. The van der Waals surface area contributed by atoms with Gasteiger partial charge >= 0.3 is 0 Å². The first-order chi connectivity index (χ1) is 14.1. The van der Waals surface area contributed by atoms with Crippen LogP contribution in [0.4, 0.5) is 0 Å². The van der Waals surface area contributed by atoms with Crippen LogP contribution < -0.4 is 0 Å². The molecule has 3 aliphatic carbocycles. The van der Waals surface area contributed by atoms with Gasteiger partial charge in [0.05, 0.1) is 7.47 Å². The lowest BCUT2D eigenvalue weighted by Crippen LogP contribution is -2.35. The van der Waals surface area contributed by atoms with Crippen molar-refractivity contribution < 1.29 is 7.85 Å². The summed E-state index contributed by atoms with van der Waals surface area (Å²) in [5.41, 5.74) is 2.98. The summed E-state index contributed by atoms with van der Waals surface area (Å²) in [6, 6.07) is 0.581. The van der Waals surface area contributed by atoms with Gasteiger partial charge in [-0.15, -0.1) is 0 Å². The minimum atomic E-state index is -0.728. The normalized spacial score (nSPS) is 38.0. The number of aliphatic hydroxyl groups excluding tert-OH is 1. The molecule has 0 bridgehead atoms. The third-order valence-electron chi connectivity index (χ3n) is 7.73. The van der Waals surface area contributed by atoms with Crippen LogP contribution in [0.5, 0.6) is 0 Å². The Morgan fingerprint density at radius 1 is 1.25 bits per heavy atom. The van der Waals surface area contributed by atoms with Gasteiger partial charge in [-0.05, 0) is 74.5 Å². The second kappa shape index (κ2) is 9.21. The summed E-state index contributed by atoms with van der Waals surface area (Å²) in [5.74, 6) is 7.85. The van der Waals surface area contributed by atoms with E-state index in [4.69, 9.17) is 1.37 Å². The Kier molecular flexibility index (Phi) is 6.25. The number of rotatable bonds is 5. The minimum Gasteiger partial charge on any atom is -0.393 e. The van der Waals surface area contributed by atoms with Crippen molar-refractivity contribution in [3.8, 4) is 11.8 Å². The molecule has 28 heavy (non-hydrogen) atoms. The minimum absolute atomic E-state index is 0.0890. The predicted octanol–water partition coefficient (Wildman–Crippen LogP) is 7.07. The number of hydrogen-bond acceptors (Lipinski definition) is 1. The lowest BCUT2D eigenvalue weighted by atomic mass is 9.62. The van der Waals surface area contributed by atoms with Crippen molar-refractivity contribution in [2.24, 2.45) is 29.1 Å². The highest BCUT2D eigenvalue weighted by atomic mass is 16.3. The van der Waals surface area contributed by atoms with Crippen LogP contribution in [0.2, 0.25) is 0 Å². The molecule has 3 rings (SSSR count). The van der Waals surface area contributed by atoms with Gasteiger partial charge in [0.1, 0.15) is 0 Å². The number of hydrogen-bond donors (Lipinski definition) is 1. The van der Waals surface area contributed by atoms with E-state index < -0.39 is 5.89 Å². The van der Waals surface area contributed by atoms with Crippen LogP contribution in [0, 0.1) is 40.9 Å². The Balaban J connectivity index is 1.84. The Labute approximate surface area is 176 Å². The number of fused-ring (bicyclic) bond motifs is 1. The molecule has 1 fully saturated rings. The second-order valence-corrected chi connectivity index (χ2v) is 10.3. The van der Waals surface area contributed by atoms with Gasteiger partial charge in [-0.1, -0.05) is 70.4 Å². The van der Waals surface area contributed by atoms with E-state index in [9.17, 15) is 6.48 Å². The SMILES string of the molecule is [2H]C1=C(C#CC2=C(C)CC[C@H](O)C2)[C@]2([2H])CC[C@H]([C@H](C)CCCC(C)C)[C@@]2(C)CC1. The van der Waals surface area contributed by atoms with Gasteiger partial charge in [0.25, 0.3) is 0 Å². The van der Waals surface area contributed by atoms with Crippen molar-refractivity contribution >= 4 is 0 Å². The summed E-state index contributed by atoms with van der Waals surface area (Å²) in [6.07, 6.45) is 9.46. The highest BCUT2D eigenvalue weighted by Gasteiger charge is 2.50.